The lowest BCUT2D eigenvalue weighted by molar-refractivity contribution is -0.137. The van der Waals surface area contributed by atoms with Gasteiger partial charge in [0, 0.05) is 6.42 Å². The number of carboxylic acids is 1. The molecule has 0 radical (unpaired) electrons. The van der Waals surface area contributed by atoms with Gasteiger partial charge in [0.1, 0.15) is 5.75 Å². The van der Waals surface area contributed by atoms with Crippen LogP contribution in [0.4, 0.5) is 0 Å². The monoisotopic (exact) mass is 376 g/mol. The van der Waals surface area contributed by atoms with E-state index in [1.807, 2.05) is 12.1 Å². The van der Waals surface area contributed by atoms with Crippen LogP contribution in [-0.4, -0.2) is 16.2 Å². The predicted molar refractivity (Wildman–Crippen MR) is 113 cm³/mol. The minimum atomic E-state index is -0.678. The lowest BCUT2D eigenvalue weighted by atomic mass is 9.88. The van der Waals surface area contributed by atoms with Crippen molar-refractivity contribution in [1.29, 1.82) is 0 Å². The SMILES string of the molecule is CCCCCCCC(CCCCCCCCCC(=O)O)c1cccc(O)c1. The molecule has 0 aliphatic carbocycles. The van der Waals surface area contributed by atoms with Gasteiger partial charge in [-0.1, -0.05) is 89.7 Å². The second-order valence-electron chi connectivity index (χ2n) is 7.90. The van der Waals surface area contributed by atoms with E-state index in [1.165, 1.54) is 76.2 Å². The van der Waals surface area contributed by atoms with Crippen molar-refractivity contribution in [3.63, 3.8) is 0 Å². The standard InChI is InChI=1S/C24H40O3/c1-2-3-4-8-11-15-21(22-17-14-18-23(25)20-22)16-12-9-6-5-7-10-13-19-24(26)27/h14,17-18,20-21,25H,2-13,15-16,19H2,1H3,(H,26,27). The molecule has 0 heterocycles. The Morgan fingerprint density at radius 1 is 0.852 bits per heavy atom. The summed E-state index contributed by atoms with van der Waals surface area (Å²) >= 11 is 0. The molecule has 0 spiro atoms. The molecule has 0 aliphatic rings. The molecule has 1 unspecified atom stereocenters. The third-order valence-electron chi connectivity index (χ3n) is 5.44. The average Bonchev–Trinajstić information content (AvgIpc) is 2.64. The Morgan fingerprint density at radius 3 is 1.96 bits per heavy atom. The molecule has 3 nitrogen and oxygen atoms in total. The van der Waals surface area contributed by atoms with Crippen LogP contribution in [0.5, 0.6) is 5.75 Å². The molecule has 27 heavy (non-hydrogen) atoms. The summed E-state index contributed by atoms with van der Waals surface area (Å²) in [7, 11) is 0. The molecule has 0 bridgehead atoms. The first-order valence-electron chi connectivity index (χ1n) is 11.1. The van der Waals surface area contributed by atoms with E-state index in [1.54, 1.807) is 6.07 Å². The second kappa shape index (κ2) is 15.5. The zero-order valence-corrected chi connectivity index (χ0v) is 17.3. The summed E-state index contributed by atoms with van der Waals surface area (Å²) in [4.78, 5) is 10.5. The van der Waals surface area contributed by atoms with E-state index >= 15 is 0 Å². The first-order chi connectivity index (χ1) is 13.1. The minimum absolute atomic E-state index is 0.309. The zero-order valence-electron chi connectivity index (χ0n) is 17.3. The van der Waals surface area contributed by atoms with Gasteiger partial charge >= 0.3 is 5.97 Å². The van der Waals surface area contributed by atoms with E-state index in [9.17, 15) is 9.90 Å². The number of phenolic OH excluding ortho intramolecular Hbond substituents is 1. The number of carbonyl (C=O) groups is 1. The molecule has 0 amide bonds. The van der Waals surface area contributed by atoms with Crippen molar-refractivity contribution >= 4 is 5.97 Å². The Morgan fingerprint density at radius 2 is 1.41 bits per heavy atom. The quantitative estimate of drug-likeness (QED) is 0.278. The van der Waals surface area contributed by atoms with Crippen LogP contribution >= 0.6 is 0 Å². The highest BCUT2D eigenvalue weighted by atomic mass is 16.4. The van der Waals surface area contributed by atoms with Crippen molar-refractivity contribution in [2.45, 2.75) is 109 Å². The molecule has 1 aromatic rings. The van der Waals surface area contributed by atoms with Gasteiger partial charge in [0.2, 0.25) is 0 Å². The molecule has 0 aromatic heterocycles. The molecule has 0 saturated carbocycles. The normalized spacial score (nSPS) is 12.2. The van der Waals surface area contributed by atoms with E-state index in [0.29, 0.717) is 18.1 Å². The number of benzene rings is 1. The van der Waals surface area contributed by atoms with Gasteiger partial charge in [-0.2, -0.15) is 0 Å². The van der Waals surface area contributed by atoms with Gasteiger partial charge in [-0.15, -0.1) is 0 Å². The number of aliphatic carboxylic acids is 1. The van der Waals surface area contributed by atoms with Gasteiger partial charge in [0.15, 0.2) is 0 Å². The third-order valence-corrected chi connectivity index (χ3v) is 5.44. The Kier molecular flexibility index (Phi) is 13.5. The first-order valence-corrected chi connectivity index (χ1v) is 11.1. The average molecular weight is 377 g/mol. The van der Waals surface area contributed by atoms with Gasteiger partial charge < -0.3 is 10.2 Å². The zero-order chi connectivity index (χ0) is 19.7. The molecule has 1 aromatic carbocycles. The van der Waals surface area contributed by atoms with Crippen LogP contribution in [-0.2, 0) is 4.79 Å². The highest BCUT2D eigenvalue weighted by Gasteiger charge is 2.12. The van der Waals surface area contributed by atoms with E-state index in [2.05, 4.69) is 13.0 Å². The fraction of sp³-hybridized carbons (Fsp3) is 0.708. The number of carboxylic acid groups (broad SMARTS) is 1. The Balaban J connectivity index is 2.25. The number of hydrogen-bond donors (Lipinski definition) is 2. The van der Waals surface area contributed by atoms with E-state index in [-0.39, 0.29) is 0 Å². The molecule has 1 atom stereocenters. The Bertz CT molecular complexity index is 498. The predicted octanol–water partition coefficient (Wildman–Crippen LogP) is 7.43. The Labute approximate surface area is 166 Å². The van der Waals surface area contributed by atoms with Crippen LogP contribution in [0.1, 0.15) is 115 Å². The van der Waals surface area contributed by atoms with Crippen LogP contribution in [0.3, 0.4) is 0 Å². The van der Waals surface area contributed by atoms with Crippen molar-refractivity contribution in [1.82, 2.24) is 0 Å². The number of rotatable bonds is 17. The van der Waals surface area contributed by atoms with E-state index < -0.39 is 5.97 Å². The summed E-state index contributed by atoms with van der Waals surface area (Å²) in [6.45, 7) is 2.25. The molecule has 154 valence electrons. The number of phenols is 1. The van der Waals surface area contributed by atoms with Crippen LogP contribution in [0, 0.1) is 0 Å². The van der Waals surface area contributed by atoms with Gasteiger partial charge in [0.25, 0.3) is 0 Å². The fourth-order valence-corrected chi connectivity index (χ4v) is 3.80. The van der Waals surface area contributed by atoms with E-state index in [4.69, 9.17) is 5.11 Å². The number of aromatic hydroxyl groups is 1. The van der Waals surface area contributed by atoms with E-state index in [0.717, 1.165) is 19.3 Å². The van der Waals surface area contributed by atoms with Crippen LogP contribution in [0.25, 0.3) is 0 Å². The molecule has 0 saturated heterocycles. The molecular formula is C24H40O3. The maximum Gasteiger partial charge on any atom is 0.303 e. The lowest BCUT2D eigenvalue weighted by Gasteiger charge is -2.18. The largest absolute Gasteiger partial charge is 0.508 e. The molecule has 2 N–H and O–H groups in total. The van der Waals surface area contributed by atoms with Crippen LogP contribution < -0.4 is 0 Å². The van der Waals surface area contributed by atoms with Crippen LogP contribution in [0.2, 0.25) is 0 Å². The van der Waals surface area contributed by atoms with Gasteiger partial charge in [-0.3, -0.25) is 4.79 Å². The van der Waals surface area contributed by atoms with Crippen molar-refractivity contribution in [2.75, 3.05) is 0 Å². The summed E-state index contributed by atoms with van der Waals surface area (Å²) in [6.07, 6.45) is 17.3. The molecule has 0 aliphatic heterocycles. The summed E-state index contributed by atoms with van der Waals surface area (Å²) in [5.74, 6) is 0.266. The Hall–Kier alpha value is -1.51. The maximum absolute atomic E-state index is 10.5. The highest BCUT2D eigenvalue weighted by molar-refractivity contribution is 5.66. The molecule has 0 fully saturated rings. The van der Waals surface area contributed by atoms with Gasteiger partial charge in [-0.05, 0) is 42.9 Å². The molecule has 3 heteroatoms. The number of unbranched alkanes of at least 4 members (excludes halogenated alkanes) is 10. The topological polar surface area (TPSA) is 57.5 Å². The fourth-order valence-electron chi connectivity index (χ4n) is 3.80. The molecular weight excluding hydrogens is 336 g/mol. The lowest BCUT2D eigenvalue weighted by Crippen LogP contribution is -2.00. The maximum atomic E-state index is 10.5. The van der Waals surface area contributed by atoms with Crippen molar-refractivity contribution in [3.05, 3.63) is 29.8 Å². The minimum Gasteiger partial charge on any atom is -0.508 e. The summed E-state index contributed by atoms with van der Waals surface area (Å²) < 4.78 is 0. The highest BCUT2D eigenvalue weighted by Crippen LogP contribution is 2.30. The molecule has 1 rings (SSSR count). The van der Waals surface area contributed by atoms with Crippen LogP contribution in [0.15, 0.2) is 24.3 Å². The second-order valence-corrected chi connectivity index (χ2v) is 7.90. The summed E-state index contributed by atoms with van der Waals surface area (Å²) in [5, 5.41) is 18.5. The summed E-state index contributed by atoms with van der Waals surface area (Å²) in [6, 6.07) is 7.83. The van der Waals surface area contributed by atoms with Crippen molar-refractivity contribution in [3.8, 4) is 5.75 Å². The van der Waals surface area contributed by atoms with Crippen molar-refractivity contribution < 1.29 is 15.0 Å². The number of hydrogen-bond acceptors (Lipinski definition) is 2. The first kappa shape index (κ1) is 23.5. The third kappa shape index (κ3) is 12.5. The smallest absolute Gasteiger partial charge is 0.303 e. The summed E-state index contributed by atoms with van der Waals surface area (Å²) in [5.41, 5.74) is 1.29. The van der Waals surface area contributed by atoms with Gasteiger partial charge in [0.05, 0.1) is 0 Å². The van der Waals surface area contributed by atoms with Gasteiger partial charge in [-0.25, -0.2) is 0 Å². The van der Waals surface area contributed by atoms with Crippen molar-refractivity contribution in [2.24, 2.45) is 0 Å².